The fraction of sp³-hybridized carbons (Fsp3) is 0.174. The molecular weight excluding hydrogens is 433 g/mol. The van der Waals surface area contributed by atoms with Crippen molar-refractivity contribution in [3.8, 4) is 22.6 Å². The van der Waals surface area contributed by atoms with Crippen LogP contribution in [0.15, 0.2) is 65.4 Å². The van der Waals surface area contributed by atoms with E-state index in [1.54, 1.807) is 57.4 Å². The number of benzene rings is 2. The first-order chi connectivity index (χ1) is 15.0. The minimum Gasteiger partial charge on any atom is -0.454 e. The zero-order valence-corrected chi connectivity index (χ0v) is 19.0. The number of hydrogen-bond acceptors (Lipinski definition) is 5. The van der Waals surface area contributed by atoms with E-state index in [0.717, 1.165) is 11.0 Å². The fourth-order valence-corrected chi connectivity index (χ4v) is 3.62. The molecule has 0 atom stereocenters. The molecule has 0 unspecified atom stereocenters. The van der Waals surface area contributed by atoms with E-state index in [1.165, 1.54) is 28.8 Å². The summed E-state index contributed by atoms with van der Waals surface area (Å²) in [6.45, 7) is 5.06. The molecule has 1 heterocycles. The van der Waals surface area contributed by atoms with Gasteiger partial charge in [0.1, 0.15) is 11.4 Å². The summed E-state index contributed by atoms with van der Waals surface area (Å²) in [7, 11) is 1.36. The molecule has 1 aromatic heterocycles. The van der Waals surface area contributed by atoms with Crippen molar-refractivity contribution in [2.45, 2.75) is 6.92 Å². The van der Waals surface area contributed by atoms with Crippen molar-refractivity contribution in [1.82, 2.24) is 4.57 Å². The molecule has 0 amide bonds. The van der Waals surface area contributed by atoms with Crippen LogP contribution in [0, 0.1) is 12.7 Å². The van der Waals surface area contributed by atoms with Gasteiger partial charge < -0.3 is 14.2 Å². The second kappa shape index (κ2) is 8.88. The number of halogens is 1. The van der Waals surface area contributed by atoms with Crippen molar-refractivity contribution in [3.63, 3.8) is 0 Å². The van der Waals surface area contributed by atoms with Crippen LogP contribution in [0.25, 0.3) is 11.1 Å². The summed E-state index contributed by atoms with van der Waals surface area (Å²) in [6, 6.07) is 10.9. The number of aryl methyl sites for hydroxylation is 2. The first-order valence-electron chi connectivity index (χ1n) is 9.62. The van der Waals surface area contributed by atoms with Crippen LogP contribution in [0.1, 0.15) is 5.56 Å². The Balaban J connectivity index is 2.20. The Morgan fingerprint density at radius 2 is 1.81 bits per heavy atom. The van der Waals surface area contributed by atoms with Crippen LogP contribution in [0.2, 0.25) is 0 Å². The summed E-state index contributed by atoms with van der Waals surface area (Å²) in [5.74, 6) is -0.214. The monoisotopic (exact) mass is 457 g/mol. The quantitative estimate of drug-likeness (QED) is 0.574. The van der Waals surface area contributed by atoms with Gasteiger partial charge in [-0.15, -0.1) is 0 Å². The Kier molecular flexibility index (Phi) is 6.40. The molecule has 3 rings (SSSR count). The number of ether oxygens (including phenoxy) is 1. The molecule has 0 spiro atoms. The Bertz CT molecular complexity index is 1350. The second-order valence-corrected chi connectivity index (χ2v) is 9.11. The normalized spacial score (nSPS) is 11.2. The summed E-state index contributed by atoms with van der Waals surface area (Å²) in [5.41, 5.74) is 2.28. The summed E-state index contributed by atoms with van der Waals surface area (Å²) in [5, 5.41) is 0.801. The molecule has 0 aliphatic heterocycles. The second-order valence-electron chi connectivity index (χ2n) is 7.49. The van der Waals surface area contributed by atoms with Gasteiger partial charge in [0.15, 0.2) is 11.6 Å². The van der Waals surface area contributed by atoms with Crippen molar-refractivity contribution in [3.05, 3.63) is 82.4 Å². The van der Waals surface area contributed by atoms with Gasteiger partial charge in [-0.05, 0) is 48.9 Å². The van der Waals surface area contributed by atoms with E-state index in [0.29, 0.717) is 16.8 Å². The van der Waals surface area contributed by atoms with Crippen LogP contribution in [-0.2, 0) is 17.1 Å². The van der Waals surface area contributed by atoms with Gasteiger partial charge in [-0.2, -0.15) is 0 Å². The molecular formula is C23H24FN3O4S. The first-order valence-corrected chi connectivity index (χ1v) is 11.2. The minimum atomic E-state index is -3.74. The van der Waals surface area contributed by atoms with Crippen LogP contribution in [-0.4, -0.2) is 27.1 Å². The summed E-state index contributed by atoms with van der Waals surface area (Å²) in [4.78, 5) is 14.2. The number of rotatable bonds is 7. The van der Waals surface area contributed by atoms with E-state index < -0.39 is 15.8 Å². The third-order valence-corrected chi connectivity index (χ3v) is 5.68. The molecule has 0 saturated heterocycles. The highest BCUT2D eigenvalue weighted by Crippen LogP contribution is 2.37. The summed E-state index contributed by atoms with van der Waals surface area (Å²) < 4.78 is 48.0. The maximum absolute atomic E-state index is 14.4. The highest BCUT2D eigenvalue weighted by atomic mass is 32.2. The smallest absolute Gasteiger partial charge is 0.273 e. The fourth-order valence-electron chi connectivity index (χ4n) is 3.08. The highest BCUT2D eigenvalue weighted by molar-refractivity contribution is 7.95. The minimum absolute atomic E-state index is 0.0222. The van der Waals surface area contributed by atoms with Crippen molar-refractivity contribution in [1.29, 1.82) is 0 Å². The summed E-state index contributed by atoms with van der Waals surface area (Å²) >= 11 is 0. The molecule has 0 fully saturated rings. The zero-order valence-electron chi connectivity index (χ0n) is 18.2. The number of nitrogens with one attached hydrogen (secondary N) is 1. The number of nitrogens with zero attached hydrogens (tertiary/aromatic N) is 2. The average Bonchev–Trinajstić information content (AvgIpc) is 2.72. The van der Waals surface area contributed by atoms with Gasteiger partial charge >= 0.3 is 0 Å². The predicted molar refractivity (Wildman–Crippen MR) is 125 cm³/mol. The number of sulfonamides is 1. The lowest BCUT2D eigenvalue weighted by Crippen LogP contribution is -2.25. The van der Waals surface area contributed by atoms with E-state index in [4.69, 9.17) is 4.74 Å². The summed E-state index contributed by atoms with van der Waals surface area (Å²) in [6.07, 6.45) is 1.61. The van der Waals surface area contributed by atoms with Gasteiger partial charge in [-0.3, -0.25) is 9.52 Å². The molecule has 1 N–H and O–H groups in total. The third-order valence-electron chi connectivity index (χ3n) is 4.72. The van der Waals surface area contributed by atoms with Crippen LogP contribution < -0.4 is 19.9 Å². The topological polar surface area (TPSA) is 80.6 Å². The average molecular weight is 458 g/mol. The largest absolute Gasteiger partial charge is 0.454 e. The van der Waals surface area contributed by atoms with Crippen LogP contribution in [0.5, 0.6) is 11.5 Å². The number of anilines is 2. The van der Waals surface area contributed by atoms with E-state index in [1.807, 2.05) is 0 Å². The Hall–Kier alpha value is -3.59. The van der Waals surface area contributed by atoms with E-state index >= 15 is 0 Å². The van der Waals surface area contributed by atoms with E-state index in [9.17, 15) is 17.6 Å². The molecule has 3 aromatic rings. The molecule has 168 valence electrons. The molecule has 0 aliphatic carbocycles. The van der Waals surface area contributed by atoms with Crippen LogP contribution >= 0.6 is 0 Å². The molecule has 7 nitrogen and oxygen atoms in total. The van der Waals surface area contributed by atoms with Gasteiger partial charge in [0.05, 0.1) is 0 Å². The van der Waals surface area contributed by atoms with Crippen molar-refractivity contribution >= 4 is 21.4 Å². The standard InChI is InChI=1S/C23H24FN3O4S/c1-6-32(29,30)25-17-8-10-21(31-22-9-7-15(2)11-19(22)24)18(13-17)16-12-20(26(3)4)23(28)27(5)14-16/h6-14,25H,1H2,2-5H3. The molecule has 0 radical (unpaired) electrons. The predicted octanol–water partition coefficient (Wildman–Crippen LogP) is 4.24. The maximum Gasteiger partial charge on any atom is 0.273 e. The maximum atomic E-state index is 14.4. The lowest BCUT2D eigenvalue weighted by Gasteiger charge is -2.18. The highest BCUT2D eigenvalue weighted by Gasteiger charge is 2.16. The van der Waals surface area contributed by atoms with Gasteiger partial charge in [-0.1, -0.05) is 12.6 Å². The van der Waals surface area contributed by atoms with E-state index in [2.05, 4.69) is 11.3 Å². The lowest BCUT2D eigenvalue weighted by atomic mass is 10.0. The number of pyridine rings is 1. The number of hydrogen-bond donors (Lipinski definition) is 1. The van der Waals surface area contributed by atoms with Crippen LogP contribution in [0.4, 0.5) is 15.8 Å². The molecule has 32 heavy (non-hydrogen) atoms. The first kappa shape index (κ1) is 23.1. The Morgan fingerprint density at radius 1 is 1.12 bits per heavy atom. The lowest BCUT2D eigenvalue weighted by molar-refractivity contribution is 0.443. The molecule has 0 bridgehead atoms. The van der Waals surface area contributed by atoms with E-state index in [-0.39, 0.29) is 22.7 Å². The van der Waals surface area contributed by atoms with Crippen LogP contribution in [0.3, 0.4) is 0 Å². The number of aromatic nitrogens is 1. The van der Waals surface area contributed by atoms with Gasteiger partial charge in [0, 0.05) is 49.6 Å². The Morgan fingerprint density at radius 3 is 2.44 bits per heavy atom. The SMILES string of the molecule is C=CS(=O)(=O)Nc1ccc(Oc2ccc(C)cc2F)c(-c2cc(N(C)C)c(=O)n(C)c2)c1. The molecule has 0 aliphatic rings. The van der Waals surface area contributed by atoms with Gasteiger partial charge in [0.25, 0.3) is 15.6 Å². The molecule has 0 saturated carbocycles. The van der Waals surface area contributed by atoms with Gasteiger partial charge in [-0.25, -0.2) is 12.8 Å². The molecule has 2 aromatic carbocycles. The molecule has 9 heteroatoms. The van der Waals surface area contributed by atoms with Crippen molar-refractivity contribution < 1.29 is 17.5 Å². The van der Waals surface area contributed by atoms with Gasteiger partial charge in [0.2, 0.25) is 0 Å². The zero-order chi connectivity index (χ0) is 23.6. The Labute approximate surface area is 186 Å². The third kappa shape index (κ3) is 5.00. The van der Waals surface area contributed by atoms with Crippen molar-refractivity contribution in [2.75, 3.05) is 23.7 Å². The van der Waals surface area contributed by atoms with Crippen molar-refractivity contribution in [2.24, 2.45) is 7.05 Å².